The van der Waals surface area contributed by atoms with E-state index in [9.17, 15) is 24.0 Å². The first-order valence-electron chi connectivity index (χ1n) is 8.72. The van der Waals surface area contributed by atoms with Gasteiger partial charge in [0.25, 0.3) is 5.91 Å². The largest absolute Gasteiger partial charge is 0.463 e. The molecule has 3 rings (SSSR count). The van der Waals surface area contributed by atoms with Crippen molar-refractivity contribution in [2.75, 3.05) is 6.61 Å². The van der Waals surface area contributed by atoms with Gasteiger partial charge in [0.2, 0.25) is 0 Å². The van der Waals surface area contributed by atoms with Crippen LogP contribution in [0.3, 0.4) is 0 Å². The normalized spacial score (nSPS) is 32.9. The number of amides is 3. The summed E-state index contributed by atoms with van der Waals surface area (Å²) >= 11 is 0. The molecule has 2 unspecified atom stereocenters. The summed E-state index contributed by atoms with van der Waals surface area (Å²) in [6, 6.07) is -1.66. The van der Waals surface area contributed by atoms with E-state index in [-0.39, 0.29) is 6.61 Å². The van der Waals surface area contributed by atoms with Gasteiger partial charge in [-0.3, -0.25) is 29.5 Å². The third-order valence-corrected chi connectivity index (χ3v) is 4.40. The van der Waals surface area contributed by atoms with E-state index in [1.54, 1.807) is 0 Å². The summed E-state index contributed by atoms with van der Waals surface area (Å²) in [6.07, 6.45) is -3.89. The van der Waals surface area contributed by atoms with Crippen molar-refractivity contribution in [1.29, 1.82) is 0 Å². The molecule has 0 aromatic carbocycles. The molecule has 2 saturated heterocycles. The summed E-state index contributed by atoms with van der Waals surface area (Å²) in [5.41, 5.74) is 0. The summed E-state index contributed by atoms with van der Waals surface area (Å²) in [5.74, 6) is -2.52. The number of carbonyl (C=O) groups excluding carboxylic acids is 5. The maximum absolute atomic E-state index is 12.0. The molecule has 3 aliphatic rings. The fourth-order valence-corrected chi connectivity index (χ4v) is 3.34. The maximum atomic E-state index is 12.0. The van der Waals surface area contributed by atoms with Crippen molar-refractivity contribution in [2.45, 2.75) is 57.5 Å². The van der Waals surface area contributed by atoms with Gasteiger partial charge in [-0.05, 0) is 0 Å². The lowest BCUT2D eigenvalue weighted by Gasteiger charge is -2.36. The number of ether oxygens (including phenoxy) is 4. The van der Waals surface area contributed by atoms with E-state index in [1.165, 1.54) is 25.1 Å². The lowest BCUT2D eigenvalue weighted by molar-refractivity contribution is -0.167. The minimum Gasteiger partial charge on any atom is -0.463 e. The number of nitrogens with one attached hydrogen (secondary N) is 2. The van der Waals surface area contributed by atoms with E-state index in [0.717, 1.165) is 6.92 Å². The highest BCUT2D eigenvalue weighted by molar-refractivity contribution is 6.01. The van der Waals surface area contributed by atoms with Crippen LogP contribution in [0.1, 0.15) is 20.8 Å². The smallest absolute Gasteiger partial charge is 0.323 e. The third kappa shape index (κ3) is 4.29. The number of hydrogen-bond acceptors (Lipinski definition) is 11. The van der Waals surface area contributed by atoms with Crippen molar-refractivity contribution < 1.29 is 42.9 Å². The zero-order chi connectivity index (χ0) is 21.3. The molecule has 0 spiro atoms. The second-order valence-corrected chi connectivity index (χ2v) is 6.58. The van der Waals surface area contributed by atoms with Gasteiger partial charge in [-0.2, -0.15) is 0 Å². The summed E-state index contributed by atoms with van der Waals surface area (Å²) in [4.78, 5) is 63.6. The Bertz CT molecular complexity index is 769. The molecule has 6 atom stereocenters. The minimum absolute atomic E-state index is 0.270. The number of imide groups is 1. The van der Waals surface area contributed by atoms with Crippen LogP contribution >= 0.6 is 0 Å². The average Bonchev–Trinajstić information content (AvgIpc) is 3.15. The van der Waals surface area contributed by atoms with Crippen LogP contribution in [0, 0.1) is 0 Å². The molecule has 3 amide bonds. The van der Waals surface area contributed by atoms with Gasteiger partial charge in [-0.15, -0.1) is 0 Å². The monoisotopic (exact) mass is 412 g/mol. The van der Waals surface area contributed by atoms with Gasteiger partial charge in [0, 0.05) is 20.8 Å². The van der Waals surface area contributed by atoms with Crippen LogP contribution in [0.15, 0.2) is 4.99 Å². The number of hydrogen-bond donors (Lipinski definition) is 2. The highest BCUT2D eigenvalue weighted by Gasteiger charge is 2.55. The topological polar surface area (TPSA) is 162 Å². The lowest BCUT2D eigenvalue weighted by atomic mass is 10.1. The van der Waals surface area contributed by atoms with E-state index >= 15 is 0 Å². The number of rotatable bonds is 5. The molecule has 0 saturated carbocycles. The van der Waals surface area contributed by atoms with Crippen LogP contribution in [-0.4, -0.2) is 84.4 Å². The van der Waals surface area contributed by atoms with E-state index in [0.29, 0.717) is 0 Å². The first-order chi connectivity index (χ1) is 13.7. The SMILES string of the molecule is CC(=O)OC[C@H]1O[C@@H](N2C=NC3C(=O)NC(=O)NC32)[C@H](OC(C)=O)[C@@H]1OC(C)=O. The molecule has 158 valence electrons. The average molecular weight is 412 g/mol. The van der Waals surface area contributed by atoms with E-state index < -0.39 is 66.6 Å². The first-order valence-corrected chi connectivity index (χ1v) is 8.72. The van der Waals surface area contributed by atoms with Gasteiger partial charge < -0.3 is 29.2 Å². The Morgan fingerprint density at radius 2 is 1.76 bits per heavy atom. The van der Waals surface area contributed by atoms with E-state index in [2.05, 4.69) is 15.6 Å². The fourth-order valence-electron chi connectivity index (χ4n) is 3.34. The Hall–Kier alpha value is -3.22. The Kier molecular flexibility index (Phi) is 5.68. The molecule has 0 aliphatic carbocycles. The van der Waals surface area contributed by atoms with Gasteiger partial charge in [-0.25, -0.2) is 4.79 Å². The summed E-state index contributed by atoms with van der Waals surface area (Å²) in [6.45, 7) is 3.26. The quantitative estimate of drug-likeness (QED) is 0.382. The first kappa shape index (κ1) is 20.5. The summed E-state index contributed by atoms with van der Waals surface area (Å²) < 4.78 is 21.4. The number of nitrogens with zero attached hydrogens (tertiary/aromatic N) is 2. The maximum Gasteiger partial charge on any atom is 0.323 e. The molecule has 2 N–H and O–H groups in total. The van der Waals surface area contributed by atoms with Crippen LogP contribution in [0.5, 0.6) is 0 Å². The predicted octanol–water partition coefficient (Wildman–Crippen LogP) is -1.98. The molecule has 0 aromatic rings. The van der Waals surface area contributed by atoms with Crippen LogP contribution in [0.2, 0.25) is 0 Å². The van der Waals surface area contributed by atoms with Gasteiger partial charge in [0.15, 0.2) is 24.5 Å². The highest BCUT2D eigenvalue weighted by Crippen LogP contribution is 2.32. The number of carbonyl (C=O) groups is 5. The molecule has 0 radical (unpaired) electrons. The van der Waals surface area contributed by atoms with Crippen LogP contribution in [0.25, 0.3) is 0 Å². The third-order valence-electron chi connectivity index (χ3n) is 4.40. The molecular weight excluding hydrogens is 392 g/mol. The molecule has 29 heavy (non-hydrogen) atoms. The van der Waals surface area contributed by atoms with E-state index in [4.69, 9.17) is 18.9 Å². The van der Waals surface area contributed by atoms with Crippen molar-refractivity contribution >= 4 is 36.2 Å². The lowest BCUT2D eigenvalue weighted by Crippen LogP contribution is -2.65. The van der Waals surface area contributed by atoms with Crippen molar-refractivity contribution in [3.8, 4) is 0 Å². The Morgan fingerprint density at radius 1 is 1.10 bits per heavy atom. The number of urea groups is 1. The molecule has 0 bridgehead atoms. The van der Waals surface area contributed by atoms with Crippen LogP contribution in [-0.2, 0) is 38.1 Å². The Morgan fingerprint density at radius 3 is 2.38 bits per heavy atom. The van der Waals surface area contributed by atoms with E-state index in [1.807, 2.05) is 0 Å². The molecular formula is C16H20N4O9. The van der Waals surface area contributed by atoms with Gasteiger partial charge >= 0.3 is 23.9 Å². The molecule has 13 nitrogen and oxygen atoms in total. The standard InChI is InChI=1S/C16H20N4O9/c1-6(21)26-4-9-11(27-7(2)22)12(28-8(3)23)15(29-9)20-5-17-10-13(20)18-16(25)19-14(10)24/h5,9-13,15H,4H2,1-3H3,(H2,18,19,24,25)/t9-,10?,11-,12-,13?,15-/m1/s1. The Labute approximate surface area is 164 Å². The predicted molar refractivity (Wildman–Crippen MR) is 91.0 cm³/mol. The second kappa shape index (κ2) is 8.03. The molecule has 13 heteroatoms. The van der Waals surface area contributed by atoms with Crippen LogP contribution < -0.4 is 10.6 Å². The molecule has 0 aromatic heterocycles. The zero-order valence-corrected chi connectivity index (χ0v) is 15.8. The van der Waals surface area contributed by atoms with Crippen molar-refractivity contribution in [1.82, 2.24) is 15.5 Å². The number of aliphatic imine (C=N–C) groups is 1. The van der Waals surface area contributed by atoms with Gasteiger partial charge in [0.05, 0.1) is 6.34 Å². The number of esters is 3. The minimum atomic E-state index is -1.14. The summed E-state index contributed by atoms with van der Waals surface area (Å²) in [7, 11) is 0. The second-order valence-electron chi connectivity index (χ2n) is 6.58. The molecule has 3 aliphatic heterocycles. The van der Waals surface area contributed by atoms with Crippen LogP contribution in [0.4, 0.5) is 4.79 Å². The van der Waals surface area contributed by atoms with Gasteiger partial charge in [-0.1, -0.05) is 0 Å². The Balaban J connectivity index is 1.88. The molecule has 2 fully saturated rings. The van der Waals surface area contributed by atoms with Crippen molar-refractivity contribution in [3.05, 3.63) is 0 Å². The zero-order valence-electron chi connectivity index (χ0n) is 15.8. The van der Waals surface area contributed by atoms with Crippen molar-refractivity contribution in [2.24, 2.45) is 4.99 Å². The summed E-state index contributed by atoms with van der Waals surface area (Å²) in [5, 5.41) is 4.65. The number of fused-ring (bicyclic) bond motifs is 1. The fraction of sp³-hybridized carbons (Fsp3) is 0.625. The van der Waals surface area contributed by atoms with Crippen molar-refractivity contribution in [3.63, 3.8) is 0 Å². The molecule has 3 heterocycles. The van der Waals surface area contributed by atoms with Gasteiger partial charge in [0.1, 0.15) is 18.9 Å². The highest BCUT2D eigenvalue weighted by atomic mass is 16.7.